The predicted molar refractivity (Wildman–Crippen MR) is 52.2 cm³/mol. The molecule has 0 amide bonds. The number of nitrogens with two attached hydrogens (primary N) is 1. The molecule has 0 aromatic heterocycles. The molecule has 0 spiro atoms. The smallest absolute Gasteiger partial charge is 0.308 e. The quantitative estimate of drug-likeness (QED) is 0.414. The summed E-state index contributed by atoms with van der Waals surface area (Å²) in [5.41, 5.74) is 5.87. The molecule has 0 saturated heterocycles. The largest absolute Gasteiger partial charge is 0.425 e. The van der Waals surface area contributed by atoms with E-state index in [9.17, 15) is 4.79 Å². The first-order chi connectivity index (χ1) is 5.59. The molecule has 0 unspecified atom stereocenters. The van der Waals surface area contributed by atoms with Crippen LogP contribution in [0, 0.1) is 0 Å². The Hall–Kier alpha value is -1.26. The van der Waals surface area contributed by atoms with Crippen molar-refractivity contribution in [3.63, 3.8) is 0 Å². The number of ether oxygens (including phenoxy) is 1. The van der Waals surface area contributed by atoms with Crippen molar-refractivity contribution >= 4 is 23.3 Å². The second-order valence-corrected chi connectivity index (χ2v) is 2.71. The minimum atomic E-state index is -0.399. The van der Waals surface area contributed by atoms with Gasteiger partial charge < -0.3 is 16.6 Å². The Labute approximate surface area is 81.2 Å². The Balaban J connectivity index is 0.00000144. The highest BCUT2D eigenvalue weighted by Gasteiger charge is 2.02. The number of hydrogen-bond acceptors (Lipinski definition) is 4. The number of carbonyl (C=O) groups excluding carboxylic acids is 1. The van der Waals surface area contributed by atoms with Gasteiger partial charge >= 0.3 is 5.97 Å². The van der Waals surface area contributed by atoms with Crippen LogP contribution in [-0.4, -0.2) is 5.97 Å². The number of rotatable bonds is 1. The lowest BCUT2D eigenvalue weighted by Crippen LogP contribution is -2.03. The SMILES string of the molecule is CC(=O)Oc1ccc(Cl)cc1N.N. The predicted octanol–water partition coefficient (Wildman–Crippen LogP) is 2.01. The van der Waals surface area contributed by atoms with Gasteiger partial charge in [0.25, 0.3) is 0 Å². The first-order valence-electron chi connectivity index (χ1n) is 3.33. The van der Waals surface area contributed by atoms with Gasteiger partial charge in [-0.3, -0.25) is 4.79 Å². The Bertz CT molecular complexity index is 315. The summed E-state index contributed by atoms with van der Waals surface area (Å²) in [5, 5.41) is 0.517. The zero-order chi connectivity index (χ0) is 9.14. The topological polar surface area (TPSA) is 87.3 Å². The lowest BCUT2D eigenvalue weighted by molar-refractivity contribution is -0.131. The van der Waals surface area contributed by atoms with Crippen molar-refractivity contribution in [2.45, 2.75) is 6.92 Å². The second-order valence-electron chi connectivity index (χ2n) is 2.28. The van der Waals surface area contributed by atoms with Crippen LogP contribution in [0.1, 0.15) is 6.92 Å². The van der Waals surface area contributed by atoms with E-state index in [1.54, 1.807) is 12.1 Å². The van der Waals surface area contributed by atoms with Gasteiger partial charge in [-0.15, -0.1) is 0 Å². The lowest BCUT2D eigenvalue weighted by Gasteiger charge is -2.04. The molecular formula is C8H11ClN2O2. The normalized spacial score (nSPS) is 8.77. The molecule has 0 aliphatic heterocycles. The van der Waals surface area contributed by atoms with E-state index in [1.807, 2.05) is 0 Å². The van der Waals surface area contributed by atoms with Crippen molar-refractivity contribution in [2.24, 2.45) is 0 Å². The molecule has 72 valence electrons. The highest BCUT2D eigenvalue weighted by molar-refractivity contribution is 6.30. The number of benzene rings is 1. The minimum Gasteiger partial charge on any atom is -0.425 e. The first-order valence-corrected chi connectivity index (χ1v) is 3.71. The molecule has 0 atom stereocenters. The molecule has 5 N–H and O–H groups in total. The average Bonchev–Trinajstić information content (AvgIpc) is 1.94. The van der Waals surface area contributed by atoms with Crippen molar-refractivity contribution < 1.29 is 9.53 Å². The highest BCUT2D eigenvalue weighted by Crippen LogP contribution is 2.24. The average molecular weight is 203 g/mol. The minimum absolute atomic E-state index is 0. The van der Waals surface area contributed by atoms with E-state index < -0.39 is 5.97 Å². The van der Waals surface area contributed by atoms with E-state index in [-0.39, 0.29) is 6.15 Å². The fraction of sp³-hybridized carbons (Fsp3) is 0.125. The van der Waals surface area contributed by atoms with E-state index in [2.05, 4.69) is 0 Å². The molecule has 0 aliphatic rings. The summed E-state index contributed by atoms with van der Waals surface area (Å²) in [6.45, 7) is 1.31. The van der Waals surface area contributed by atoms with Gasteiger partial charge in [-0.1, -0.05) is 11.6 Å². The fourth-order valence-corrected chi connectivity index (χ4v) is 0.948. The first kappa shape index (κ1) is 11.7. The highest BCUT2D eigenvalue weighted by atomic mass is 35.5. The summed E-state index contributed by atoms with van der Waals surface area (Å²) in [5.74, 6) is -0.0593. The Morgan fingerprint density at radius 2 is 2.15 bits per heavy atom. The van der Waals surface area contributed by atoms with Crippen LogP contribution in [0.4, 0.5) is 5.69 Å². The number of nitrogen functional groups attached to an aromatic ring is 1. The van der Waals surface area contributed by atoms with Crippen LogP contribution in [-0.2, 0) is 4.79 Å². The summed E-state index contributed by atoms with van der Waals surface area (Å²) in [6.07, 6.45) is 0. The van der Waals surface area contributed by atoms with Gasteiger partial charge in [0.2, 0.25) is 0 Å². The lowest BCUT2D eigenvalue weighted by atomic mass is 10.3. The third kappa shape index (κ3) is 3.31. The van der Waals surface area contributed by atoms with Crippen molar-refractivity contribution in [3.8, 4) is 5.75 Å². The van der Waals surface area contributed by atoms with E-state index in [4.69, 9.17) is 22.1 Å². The van der Waals surface area contributed by atoms with Crippen LogP contribution in [0.15, 0.2) is 18.2 Å². The molecule has 0 heterocycles. The molecule has 0 bridgehead atoms. The van der Waals surface area contributed by atoms with Gasteiger partial charge in [0.15, 0.2) is 5.75 Å². The number of halogens is 1. The molecule has 0 fully saturated rings. The molecule has 4 nitrogen and oxygen atoms in total. The Kier molecular flexibility index (Phi) is 4.23. The summed E-state index contributed by atoms with van der Waals surface area (Å²) in [7, 11) is 0. The monoisotopic (exact) mass is 202 g/mol. The summed E-state index contributed by atoms with van der Waals surface area (Å²) in [4.78, 5) is 10.5. The van der Waals surface area contributed by atoms with Gasteiger partial charge in [0.05, 0.1) is 5.69 Å². The molecule has 1 aromatic rings. The van der Waals surface area contributed by atoms with Gasteiger partial charge in [-0.05, 0) is 18.2 Å². The van der Waals surface area contributed by atoms with E-state index in [0.29, 0.717) is 16.5 Å². The van der Waals surface area contributed by atoms with Crippen LogP contribution >= 0.6 is 11.6 Å². The van der Waals surface area contributed by atoms with Crippen LogP contribution in [0.2, 0.25) is 5.02 Å². The van der Waals surface area contributed by atoms with Gasteiger partial charge in [-0.2, -0.15) is 0 Å². The van der Waals surface area contributed by atoms with Crippen molar-refractivity contribution in [2.75, 3.05) is 5.73 Å². The zero-order valence-electron chi connectivity index (χ0n) is 7.21. The molecule has 1 rings (SSSR count). The van der Waals surface area contributed by atoms with E-state index in [0.717, 1.165) is 0 Å². The van der Waals surface area contributed by atoms with Gasteiger partial charge in [0, 0.05) is 11.9 Å². The number of esters is 1. The van der Waals surface area contributed by atoms with Gasteiger partial charge in [0.1, 0.15) is 0 Å². The summed E-state index contributed by atoms with van der Waals surface area (Å²) >= 11 is 5.63. The van der Waals surface area contributed by atoms with Crippen molar-refractivity contribution in [1.29, 1.82) is 0 Å². The number of hydrogen-bond donors (Lipinski definition) is 2. The Morgan fingerprint density at radius 1 is 1.54 bits per heavy atom. The standard InChI is InChI=1S/C8H8ClNO2.H3N/c1-5(11)12-8-3-2-6(9)4-7(8)10;/h2-4H,10H2,1H3;1H3. The fourth-order valence-electron chi connectivity index (χ4n) is 0.767. The summed E-state index contributed by atoms with van der Waals surface area (Å²) < 4.78 is 4.78. The zero-order valence-corrected chi connectivity index (χ0v) is 7.97. The Morgan fingerprint density at radius 3 is 2.62 bits per heavy atom. The maximum absolute atomic E-state index is 10.5. The molecule has 0 aliphatic carbocycles. The second kappa shape index (κ2) is 4.69. The molecule has 13 heavy (non-hydrogen) atoms. The van der Waals surface area contributed by atoms with Crippen LogP contribution in [0.25, 0.3) is 0 Å². The van der Waals surface area contributed by atoms with Crippen LogP contribution in [0.3, 0.4) is 0 Å². The third-order valence-corrected chi connectivity index (χ3v) is 1.46. The van der Waals surface area contributed by atoms with Crippen LogP contribution < -0.4 is 16.6 Å². The van der Waals surface area contributed by atoms with E-state index >= 15 is 0 Å². The summed E-state index contributed by atoms with van der Waals surface area (Å²) in [6, 6.07) is 4.69. The third-order valence-electron chi connectivity index (χ3n) is 1.23. The molecule has 0 radical (unpaired) electrons. The number of carbonyl (C=O) groups is 1. The molecule has 1 aromatic carbocycles. The molecule has 0 saturated carbocycles. The van der Waals surface area contributed by atoms with Gasteiger partial charge in [-0.25, -0.2) is 0 Å². The molecular weight excluding hydrogens is 192 g/mol. The van der Waals surface area contributed by atoms with Crippen LogP contribution in [0.5, 0.6) is 5.75 Å². The van der Waals surface area contributed by atoms with Crippen molar-refractivity contribution in [3.05, 3.63) is 23.2 Å². The maximum atomic E-state index is 10.5. The van der Waals surface area contributed by atoms with E-state index in [1.165, 1.54) is 13.0 Å². The van der Waals surface area contributed by atoms with Crippen molar-refractivity contribution in [1.82, 2.24) is 6.15 Å². The maximum Gasteiger partial charge on any atom is 0.308 e. The molecule has 5 heteroatoms. The number of anilines is 1.